The molecular formula is C9H18N2. The molecule has 0 saturated carbocycles. The van der Waals surface area contributed by atoms with Gasteiger partial charge >= 0.3 is 0 Å². The van der Waals surface area contributed by atoms with Crippen LogP contribution in [0.2, 0.25) is 0 Å². The van der Waals surface area contributed by atoms with Gasteiger partial charge in [-0.1, -0.05) is 5.92 Å². The minimum atomic E-state index is 0.446. The summed E-state index contributed by atoms with van der Waals surface area (Å²) in [5.74, 6) is 2.98. The Balaban J connectivity index is 3.26. The van der Waals surface area contributed by atoms with Crippen molar-refractivity contribution in [1.82, 2.24) is 10.6 Å². The maximum absolute atomic E-state index is 3.21. The molecule has 11 heavy (non-hydrogen) atoms. The lowest BCUT2D eigenvalue weighted by atomic mass is 10.4. The van der Waals surface area contributed by atoms with Gasteiger partial charge in [0.15, 0.2) is 0 Å². The molecule has 0 aromatic heterocycles. The van der Waals surface area contributed by atoms with E-state index in [2.05, 4.69) is 50.3 Å². The Morgan fingerprint density at radius 1 is 1.09 bits per heavy atom. The van der Waals surface area contributed by atoms with Crippen molar-refractivity contribution < 1.29 is 0 Å². The van der Waals surface area contributed by atoms with E-state index in [-0.39, 0.29) is 0 Å². The van der Waals surface area contributed by atoms with E-state index in [4.69, 9.17) is 0 Å². The maximum Gasteiger partial charge on any atom is 0.0596 e. The van der Waals surface area contributed by atoms with Gasteiger partial charge in [-0.15, -0.1) is 0 Å². The van der Waals surface area contributed by atoms with Gasteiger partial charge in [-0.3, -0.25) is 0 Å². The number of hydrogen-bond acceptors (Lipinski definition) is 2. The third kappa shape index (κ3) is 9.32. The monoisotopic (exact) mass is 154 g/mol. The van der Waals surface area contributed by atoms with Crippen LogP contribution in [0.15, 0.2) is 0 Å². The molecule has 64 valence electrons. The molecule has 0 radical (unpaired) electrons. The van der Waals surface area contributed by atoms with Crippen molar-refractivity contribution in [3.05, 3.63) is 0 Å². The van der Waals surface area contributed by atoms with Crippen LogP contribution in [-0.4, -0.2) is 18.6 Å². The molecule has 0 aromatic carbocycles. The lowest BCUT2D eigenvalue weighted by Crippen LogP contribution is -2.23. The predicted molar refractivity (Wildman–Crippen MR) is 49.2 cm³/mol. The Kier molecular flexibility index (Phi) is 5.68. The van der Waals surface area contributed by atoms with Crippen molar-refractivity contribution in [2.24, 2.45) is 0 Å². The van der Waals surface area contributed by atoms with Crippen LogP contribution in [0, 0.1) is 12.0 Å². The Morgan fingerprint density at radius 2 is 1.73 bits per heavy atom. The normalized spacial score (nSPS) is 9.64. The third-order valence-electron chi connectivity index (χ3n) is 1.05. The molecule has 2 N–H and O–H groups in total. The molecule has 0 aliphatic heterocycles. The van der Waals surface area contributed by atoms with Crippen LogP contribution in [-0.2, 0) is 0 Å². The minimum absolute atomic E-state index is 0.446. The fourth-order valence-electron chi connectivity index (χ4n) is 0.495. The summed E-state index contributed by atoms with van der Waals surface area (Å²) in [5, 5.41) is 6.22. The molecule has 0 aromatic rings. The van der Waals surface area contributed by atoms with Crippen molar-refractivity contribution in [1.29, 1.82) is 0 Å². The van der Waals surface area contributed by atoms with Crippen molar-refractivity contribution in [2.45, 2.75) is 39.8 Å². The largest absolute Gasteiger partial charge is 0.343 e. The quantitative estimate of drug-likeness (QED) is 0.467. The first-order valence-corrected chi connectivity index (χ1v) is 4.09. The van der Waals surface area contributed by atoms with Crippen molar-refractivity contribution >= 4 is 0 Å². The Labute approximate surface area is 69.8 Å². The first-order valence-electron chi connectivity index (χ1n) is 4.09. The van der Waals surface area contributed by atoms with Crippen molar-refractivity contribution in [2.75, 3.05) is 6.54 Å². The van der Waals surface area contributed by atoms with Crippen LogP contribution < -0.4 is 10.6 Å². The molecule has 0 rings (SSSR count). The highest BCUT2D eigenvalue weighted by molar-refractivity contribution is 4.99. The zero-order chi connectivity index (χ0) is 8.69. The molecule has 2 heteroatoms. The van der Waals surface area contributed by atoms with Gasteiger partial charge in [-0.25, -0.2) is 0 Å². The first kappa shape index (κ1) is 10.3. The van der Waals surface area contributed by atoms with E-state index >= 15 is 0 Å². The van der Waals surface area contributed by atoms with Crippen LogP contribution in [0.4, 0.5) is 0 Å². The van der Waals surface area contributed by atoms with Gasteiger partial charge in [-0.05, 0) is 27.7 Å². The van der Waals surface area contributed by atoms with E-state index < -0.39 is 0 Å². The molecule has 0 saturated heterocycles. The Bertz CT molecular complexity index is 139. The molecule has 0 bridgehead atoms. The number of rotatable bonds is 3. The van der Waals surface area contributed by atoms with Gasteiger partial charge in [0.05, 0.1) is 6.54 Å². The topological polar surface area (TPSA) is 24.1 Å². The highest BCUT2D eigenvalue weighted by atomic mass is 14.9. The molecule has 0 fully saturated rings. The molecule has 0 amide bonds. The number of nitrogens with one attached hydrogen (secondary N) is 2. The van der Waals surface area contributed by atoms with Crippen LogP contribution in [0.25, 0.3) is 0 Å². The molecule has 0 atom stereocenters. The predicted octanol–water partition coefficient (Wildman–Crippen LogP) is 0.943. The summed E-state index contributed by atoms with van der Waals surface area (Å²) in [5.41, 5.74) is 0. The highest BCUT2D eigenvalue weighted by Crippen LogP contribution is 1.73. The Morgan fingerprint density at radius 3 is 2.18 bits per heavy atom. The van der Waals surface area contributed by atoms with E-state index in [9.17, 15) is 0 Å². The SMILES string of the molecule is CC(C)NC#CCNC(C)C. The average molecular weight is 154 g/mol. The van der Waals surface area contributed by atoms with Gasteiger partial charge in [0.2, 0.25) is 0 Å². The van der Waals surface area contributed by atoms with E-state index in [0.717, 1.165) is 6.54 Å². The first-order chi connectivity index (χ1) is 5.13. The van der Waals surface area contributed by atoms with Crippen LogP contribution in [0.3, 0.4) is 0 Å². The smallest absolute Gasteiger partial charge is 0.0596 e. The summed E-state index contributed by atoms with van der Waals surface area (Å²) in [4.78, 5) is 0. The van der Waals surface area contributed by atoms with Crippen LogP contribution in [0.1, 0.15) is 27.7 Å². The Hall–Kier alpha value is -0.680. The third-order valence-corrected chi connectivity index (χ3v) is 1.05. The van der Waals surface area contributed by atoms with Gasteiger partial charge < -0.3 is 10.6 Å². The van der Waals surface area contributed by atoms with E-state index in [1.54, 1.807) is 0 Å². The standard InChI is InChI=1S/C9H18N2/c1-8(2)10-6-5-7-11-9(3)4/h8-11H,6H2,1-4H3. The molecule has 0 spiro atoms. The van der Waals surface area contributed by atoms with E-state index in [0.29, 0.717) is 12.1 Å². The fraction of sp³-hybridized carbons (Fsp3) is 0.778. The lowest BCUT2D eigenvalue weighted by Gasteiger charge is -2.02. The highest BCUT2D eigenvalue weighted by Gasteiger charge is 1.86. The van der Waals surface area contributed by atoms with Gasteiger partial charge in [0.1, 0.15) is 0 Å². The molecule has 0 aliphatic rings. The molecule has 0 unspecified atom stereocenters. The molecule has 0 aliphatic carbocycles. The summed E-state index contributed by atoms with van der Waals surface area (Å²) in [6, 6.07) is 3.84. The van der Waals surface area contributed by atoms with Crippen LogP contribution >= 0.6 is 0 Å². The number of hydrogen-bond donors (Lipinski definition) is 2. The van der Waals surface area contributed by atoms with Crippen LogP contribution in [0.5, 0.6) is 0 Å². The van der Waals surface area contributed by atoms with Crippen molar-refractivity contribution in [3.63, 3.8) is 0 Å². The second kappa shape index (κ2) is 6.06. The molecule has 2 nitrogen and oxygen atoms in total. The molecule has 0 heterocycles. The average Bonchev–Trinajstić information content (AvgIpc) is 1.85. The summed E-state index contributed by atoms with van der Waals surface area (Å²) < 4.78 is 0. The zero-order valence-corrected chi connectivity index (χ0v) is 7.86. The summed E-state index contributed by atoms with van der Waals surface area (Å²) in [6.07, 6.45) is 0. The summed E-state index contributed by atoms with van der Waals surface area (Å²) in [6.45, 7) is 9.13. The summed E-state index contributed by atoms with van der Waals surface area (Å²) >= 11 is 0. The van der Waals surface area contributed by atoms with Gasteiger partial charge in [-0.2, -0.15) is 0 Å². The molecular weight excluding hydrogens is 136 g/mol. The zero-order valence-electron chi connectivity index (χ0n) is 7.86. The lowest BCUT2D eigenvalue weighted by molar-refractivity contribution is 0.637. The minimum Gasteiger partial charge on any atom is -0.343 e. The van der Waals surface area contributed by atoms with E-state index in [1.807, 2.05) is 0 Å². The van der Waals surface area contributed by atoms with Gasteiger partial charge in [0.25, 0.3) is 0 Å². The second-order valence-corrected chi connectivity index (χ2v) is 3.14. The second-order valence-electron chi connectivity index (χ2n) is 3.14. The van der Waals surface area contributed by atoms with E-state index in [1.165, 1.54) is 0 Å². The fourth-order valence-corrected chi connectivity index (χ4v) is 0.495. The summed E-state index contributed by atoms with van der Waals surface area (Å²) in [7, 11) is 0. The van der Waals surface area contributed by atoms with Gasteiger partial charge in [0, 0.05) is 18.1 Å². The van der Waals surface area contributed by atoms with Crippen molar-refractivity contribution in [3.8, 4) is 12.0 Å². The maximum atomic E-state index is 3.21.